The highest BCUT2D eigenvalue weighted by atomic mass is 35.5. The first-order valence-corrected chi connectivity index (χ1v) is 5.35. The zero-order valence-electron chi connectivity index (χ0n) is 8.81. The van der Waals surface area contributed by atoms with Crippen molar-refractivity contribution in [1.82, 2.24) is 9.38 Å². The fourth-order valence-corrected chi connectivity index (χ4v) is 1.69. The number of halogens is 1. The Morgan fingerprint density at radius 1 is 1.62 bits per heavy atom. The number of hydrogen-bond donors (Lipinski definition) is 0. The molecule has 0 spiro atoms. The first kappa shape index (κ1) is 11.0. The Bertz CT molecular complexity index is 522. The van der Waals surface area contributed by atoms with Crippen molar-refractivity contribution in [2.45, 2.75) is 13.3 Å². The number of imidazole rings is 1. The lowest BCUT2D eigenvalue weighted by atomic mass is 10.2. The summed E-state index contributed by atoms with van der Waals surface area (Å²) in [6, 6.07) is 1.73. The van der Waals surface area contributed by atoms with Crippen LogP contribution in [0.2, 0.25) is 5.02 Å². The fraction of sp³-hybridized carbons (Fsp3) is 0.273. The van der Waals surface area contributed by atoms with E-state index in [2.05, 4.69) is 4.98 Å². The van der Waals surface area contributed by atoms with Gasteiger partial charge in [-0.25, -0.2) is 4.98 Å². The van der Waals surface area contributed by atoms with Crippen LogP contribution >= 0.6 is 11.6 Å². The van der Waals surface area contributed by atoms with Crippen LogP contribution in [0.15, 0.2) is 24.7 Å². The van der Waals surface area contributed by atoms with Crippen LogP contribution in [-0.2, 0) is 16.0 Å². The van der Waals surface area contributed by atoms with Gasteiger partial charge in [-0.3, -0.25) is 4.79 Å². The third-order valence-electron chi connectivity index (χ3n) is 2.20. The van der Waals surface area contributed by atoms with Gasteiger partial charge in [0.1, 0.15) is 5.65 Å². The summed E-state index contributed by atoms with van der Waals surface area (Å²) in [5, 5.41) is 0.534. The molecule has 84 valence electrons. The summed E-state index contributed by atoms with van der Waals surface area (Å²) in [5.74, 6) is -0.274. The maximum absolute atomic E-state index is 11.3. The Morgan fingerprint density at radius 3 is 3.19 bits per heavy atom. The Balaban J connectivity index is 2.29. The van der Waals surface area contributed by atoms with Crippen molar-refractivity contribution in [1.29, 1.82) is 0 Å². The molecule has 0 unspecified atom stereocenters. The topological polar surface area (TPSA) is 43.6 Å². The molecule has 0 saturated heterocycles. The van der Waals surface area contributed by atoms with Crippen LogP contribution in [0.25, 0.3) is 5.65 Å². The molecule has 2 rings (SSSR count). The van der Waals surface area contributed by atoms with E-state index in [1.165, 1.54) is 0 Å². The van der Waals surface area contributed by atoms with E-state index >= 15 is 0 Å². The summed E-state index contributed by atoms with van der Waals surface area (Å²) in [6.07, 6.45) is 5.46. The highest BCUT2D eigenvalue weighted by molar-refractivity contribution is 6.31. The fourth-order valence-electron chi connectivity index (χ4n) is 1.48. The summed E-state index contributed by atoms with van der Waals surface area (Å²) in [6.45, 7) is 2.16. The van der Waals surface area contributed by atoms with Gasteiger partial charge in [0.05, 0.1) is 13.0 Å². The molecule has 0 aliphatic carbocycles. The number of fused-ring (bicyclic) bond motifs is 1. The number of pyridine rings is 1. The van der Waals surface area contributed by atoms with Crippen LogP contribution in [0.1, 0.15) is 12.5 Å². The largest absolute Gasteiger partial charge is 0.466 e. The minimum atomic E-state index is -0.274. The zero-order chi connectivity index (χ0) is 11.5. The molecule has 4 nitrogen and oxygen atoms in total. The highest BCUT2D eigenvalue weighted by Crippen LogP contribution is 2.18. The lowest BCUT2D eigenvalue weighted by Gasteiger charge is -2.05. The van der Waals surface area contributed by atoms with Gasteiger partial charge in [0.25, 0.3) is 0 Å². The molecule has 0 amide bonds. The Morgan fingerprint density at radius 2 is 2.44 bits per heavy atom. The second kappa shape index (κ2) is 4.53. The molecule has 0 bridgehead atoms. The number of carbonyl (C=O) groups excluding carboxylic acids is 1. The van der Waals surface area contributed by atoms with E-state index in [-0.39, 0.29) is 12.4 Å². The van der Waals surface area contributed by atoms with Gasteiger partial charge in [-0.15, -0.1) is 0 Å². The average molecular weight is 239 g/mol. The second-order valence-electron chi connectivity index (χ2n) is 3.32. The molecule has 0 aliphatic rings. The van der Waals surface area contributed by atoms with Gasteiger partial charge in [-0.05, 0) is 12.5 Å². The SMILES string of the molecule is CCOC(=O)Cc1cn2ccnc2cc1Cl. The van der Waals surface area contributed by atoms with Crippen LogP contribution < -0.4 is 0 Å². The quantitative estimate of drug-likeness (QED) is 0.769. The minimum Gasteiger partial charge on any atom is -0.466 e. The number of aromatic nitrogens is 2. The third-order valence-corrected chi connectivity index (χ3v) is 2.55. The normalized spacial score (nSPS) is 10.6. The molecular weight excluding hydrogens is 228 g/mol. The summed E-state index contributed by atoms with van der Waals surface area (Å²) in [5.41, 5.74) is 1.50. The van der Waals surface area contributed by atoms with E-state index in [4.69, 9.17) is 16.3 Å². The second-order valence-corrected chi connectivity index (χ2v) is 3.73. The first-order valence-electron chi connectivity index (χ1n) is 4.97. The van der Waals surface area contributed by atoms with Gasteiger partial charge in [0, 0.05) is 29.7 Å². The number of esters is 1. The molecule has 0 fully saturated rings. The third kappa shape index (κ3) is 2.17. The van der Waals surface area contributed by atoms with Crippen molar-refractivity contribution >= 4 is 23.2 Å². The summed E-state index contributed by atoms with van der Waals surface area (Å²) < 4.78 is 6.69. The van der Waals surface area contributed by atoms with E-state index in [1.54, 1.807) is 31.6 Å². The van der Waals surface area contributed by atoms with Crippen LogP contribution in [0.5, 0.6) is 0 Å². The molecule has 0 atom stereocenters. The lowest BCUT2D eigenvalue weighted by molar-refractivity contribution is -0.142. The van der Waals surface area contributed by atoms with Gasteiger partial charge >= 0.3 is 5.97 Å². The van der Waals surface area contributed by atoms with Crippen molar-refractivity contribution in [2.75, 3.05) is 6.61 Å². The average Bonchev–Trinajstić information content (AvgIpc) is 2.65. The molecular formula is C11H11ClN2O2. The van der Waals surface area contributed by atoms with Crippen molar-refractivity contribution in [2.24, 2.45) is 0 Å². The molecule has 16 heavy (non-hydrogen) atoms. The van der Waals surface area contributed by atoms with E-state index in [1.807, 2.05) is 4.40 Å². The predicted octanol–water partition coefficient (Wildman–Crippen LogP) is 2.09. The lowest BCUT2D eigenvalue weighted by Crippen LogP contribution is -2.08. The van der Waals surface area contributed by atoms with Crippen molar-refractivity contribution in [3.8, 4) is 0 Å². The first-order chi connectivity index (χ1) is 7.70. The van der Waals surface area contributed by atoms with Crippen LogP contribution in [0, 0.1) is 0 Å². The molecule has 2 aromatic rings. The van der Waals surface area contributed by atoms with E-state index in [9.17, 15) is 4.79 Å². The molecule has 2 aromatic heterocycles. The van der Waals surface area contributed by atoms with Gasteiger partial charge < -0.3 is 9.14 Å². The number of nitrogens with zero attached hydrogens (tertiary/aromatic N) is 2. The van der Waals surface area contributed by atoms with Crippen molar-refractivity contribution < 1.29 is 9.53 Å². The number of carbonyl (C=O) groups is 1. The van der Waals surface area contributed by atoms with Crippen molar-refractivity contribution in [3.63, 3.8) is 0 Å². The molecule has 0 aromatic carbocycles. The molecule has 0 saturated carbocycles. The number of hydrogen-bond acceptors (Lipinski definition) is 3. The van der Waals surface area contributed by atoms with Gasteiger partial charge in [0.15, 0.2) is 0 Å². The summed E-state index contributed by atoms with van der Waals surface area (Å²) in [4.78, 5) is 15.4. The maximum Gasteiger partial charge on any atom is 0.310 e. The van der Waals surface area contributed by atoms with Crippen LogP contribution in [0.4, 0.5) is 0 Å². The summed E-state index contributed by atoms with van der Waals surface area (Å²) in [7, 11) is 0. The standard InChI is InChI=1S/C11H11ClN2O2/c1-2-16-11(15)5-8-7-14-4-3-13-10(14)6-9(8)12/h3-4,6-7H,2,5H2,1H3. The van der Waals surface area contributed by atoms with E-state index < -0.39 is 0 Å². The Kier molecular flexibility index (Phi) is 3.10. The smallest absolute Gasteiger partial charge is 0.310 e. The molecule has 0 radical (unpaired) electrons. The van der Waals surface area contributed by atoms with Gasteiger partial charge in [0.2, 0.25) is 0 Å². The molecule has 5 heteroatoms. The van der Waals surface area contributed by atoms with E-state index in [0.717, 1.165) is 11.2 Å². The monoisotopic (exact) mass is 238 g/mol. The molecule has 0 aliphatic heterocycles. The Labute approximate surface area is 97.8 Å². The van der Waals surface area contributed by atoms with Crippen LogP contribution in [0.3, 0.4) is 0 Å². The highest BCUT2D eigenvalue weighted by Gasteiger charge is 2.09. The Hall–Kier alpha value is -1.55. The molecule has 0 N–H and O–H groups in total. The van der Waals surface area contributed by atoms with Crippen LogP contribution in [-0.4, -0.2) is 22.0 Å². The number of ether oxygens (including phenoxy) is 1. The number of rotatable bonds is 3. The zero-order valence-corrected chi connectivity index (χ0v) is 9.57. The minimum absolute atomic E-state index is 0.181. The molecule has 2 heterocycles. The maximum atomic E-state index is 11.3. The predicted molar refractivity (Wildman–Crippen MR) is 60.5 cm³/mol. The summed E-state index contributed by atoms with van der Waals surface area (Å²) >= 11 is 6.04. The van der Waals surface area contributed by atoms with E-state index in [0.29, 0.717) is 11.6 Å². The van der Waals surface area contributed by atoms with Crippen molar-refractivity contribution in [3.05, 3.63) is 35.2 Å². The van der Waals surface area contributed by atoms with Gasteiger partial charge in [-0.2, -0.15) is 0 Å². The van der Waals surface area contributed by atoms with Gasteiger partial charge in [-0.1, -0.05) is 11.6 Å².